The van der Waals surface area contributed by atoms with Crippen LogP contribution in [-0.2, 0) is 6.42 Å². The third-order valence-electron chi connectivity index (χ3n) is 3.24. The Morgan fingerprint density at radius 2 is 1.47 bits per heavy atom. The van der Waals surface area contributed by atoms with Gasteiger partial charge in [-0.25, -0.2) is 0 Å². The molecule has 3 rings (SSSR count). The number of fused-ring (bicyclic) bond motifs is 1. The average Bonchev–Trinajstić information content (AvgIpc) is 2.44. The van der Waals surface area contributed by atoms with E-state index in [1.807, 2.05) is 12.1 Å². The van der Waals surface area contributed by atoms with Crippen LogP contribution in [0.4, 0.5) is 0 Å². The lowest BCUT2D eigenvalue weighted by Crippen LogP contribution is -2.16. The van der Waals surface area contributed by atoms with Crippen molar-refractivity contribution in [1.29, 1.82) is 0 Å². The molecule has 0 bridgehead atoms. The topological polar surface area (TPSA) is 26.0 Å². The molecule has 1 unspecified atom stereocenters. The lowest BCUT2D eigenvalue weighted by Gasteiger charge is -2.21. The molecule has 3 heteroatoms. The Labute approximate surface area is 124 Å². The molecule has 2 N–H and O–H groups in total. The summed E-state index contributed by atoms with van der Waals surface area (Å²) in [4.78, 5) is 0. The fourth-order valence-electron chi connectivity index (χ4n) is 2.23. The zero-order valence-corrected chi connectivity index (χ0v) is 12.2. The van der Waals surface area contributed by atoms with Crippen LogP contribution < -0.4 is 5.73 Å². The van der Waals surface area contributed by atoms with Crippen LogP contribution in [0.1, 0.15) is 30.0 Å². The highest BCUT2D eigenvalue weighted by molar-refractivity contribution is 6.41. The number of halogens is 2. The van der Waals surface area contributed by atoms with E-state index >= 15 is 0 Å². The lowest BCUT2D eigenvalue weighted by molar-refractivity contribution is 0.570. The van der Waals surface area contributed by atoms with Gasteiger partial charge in [0.15, 0.2) is 0 Å². The first kappa shape index (κ1) is 14.4. The number of aryl methyl sites for hydroxylation is 1. The van der Waals surface area contributed by atoms with Crippen molar-refractivity contribution in [1.82, 2.24) is 0 Å². The average molecular weight is 294 g/mol. The fourth-order valence-corrected chi connectivity index (χ4v) is 2.50. The highest BCUT2D eigenvalue weighted by Gasteiger charge is 2.14. The molecule has 0 aliphatic heterocycles. The summed E-state index contributed by atoms with van der Waals surface area (Å²) < 4.78 is 0. The van der Waals surface area contributed by atoms with E-state index < -0.39 is 0 Å². The van der Waals surface area contributed by atoms with Crippen molar-refractivity contribution in [2.24, 2.45) is 5.73 Å². The Morgan fingerprint density at radius 1 is 0.895 bits per heavy atom. The summed E-state index contributed by atoms with van der Waals surface area (Å²) in [7, 11) is 0. The Balaban J connectivity index is 0.000000148. The van der Waals surface area contributed by atoms with Crippen LogP contribution in [0.2, 0.25) is 10.0 Å². The Hall–Kier alpha value is -1.02. The summed E-state index contributed by atoms with van der Waals surface area (Å²) in [5.74, 6) is 0. The zero-order chi connectivity index (χ0) is 13.7. The molecule has 0 fully saturated rings. The number of benzene rings is 2. The molecule has 2 aromatic carbocycles. The standard InChI is InChI=1S/C10H13N.C6H4Cl2/c11-10-7-3-5-8-4-1-2-6-9(8)10;7-5-3-1-2-4-6(5)8/h1-2,4,6,10H,3,5,7,11H2;1-4H. The Morgan fingerprint density at radius 3 is 2.05 bits per heavy atom. The molecule has 0 saturated carbocycles. The van der Waals surface area contributed by atoms with Gasteiger partial charge in [-0.1, -0.05) is 59.6 Å². The van der Waals surface area contributed by atoms with Crippen molar-refractivity contribution < 1.29 is 0 Å². The highest BCUT2D eigenvalue weighted by atomic mass is 35.5. The molecule has 0 heterocycles. The zero-order valence-electron chi connectivity index (χ0n) is 10.7. The van der Waals surface area contributed by atoms with Gasteiger partial charge in [0.05, 0.1) is 10.0 Å². The number of nitrogens with two attached hydrogens (primary N) is 1. The second-order valence-electron chi connectivity index (χ2n) is 4.61. The first-order valence-electron chi connectivity index (χ1n) is 6.42. The summed E-state index contributed by atoms with van der Waals surface area (Å²) in [5.41, 5.74) is 8.76. The third-order valence-corrected chi connectivity index (χ3v) is 4.00. The van der Waals surface area contributed by atoms with Gasteiger partial charge in [0.2, 0.25) is 0 Å². The Kier molecular flexibility index (Phi) is 5.26. The van der Waals surface area contributed by atoms with E-state index in [1.54, 1.807) is 12.1 Å². The van der Waals surface area contributed by atoms with Gasteiger partial charge in [-0.15, -0.1) is 0 Å². The van der Waals surface area contributed by atoms with Crippen LogP contribution in [0.5, 0.6) is 0 Å². The third kappa shape index (κ3) is 3.97. The molecule has 1 aliphatic rings. The van der Waals surface area contributed by atoms with Gasteiger partial charge in [0, 0.05) is 6.04 Å². The maximum atomic E-state index is 5.95. The van der Waals surface area contributed by atoms with Crippen molar-refractivity contribution in [2.45, 2.75) is 25.3 Å². The molecular weight excluding hydrogens is 277 g/mol. The molecule has 0 spiro atoms. The monoisotopic (exact) mass is 293 g/mol. The van der Waals surface area contributed by atoms with Gasteiger partial charge in [-0.05, 0) is 42.5 Å². The lowest BCUT2D eigenvalue weighted by atomic mass is 9.88. The van der Waals surface area contributed by atoms with E-state index in [4.69, 9.17) is 28.9 Å². The van der Waals surface area contributed by atoms with Crippen molar-refractivity contribution in [3.63, 3.8) is 0 Å². The van der Waals surface area contributed by atoms with E-state index in [-0.39, 0.29) is 0 Å². The van der Waals surface area contributed by atoms with Gasteiger partial charge < -0.3 is 5.73 Å². The molecule has 0 saturated heterocycles. The minimum absolute atomic E-state index is 0.292. The largest absolute Gasteiger partial charge is 0.324 e. The van der Waals surface area contributed by atoms with Crippen molar-refractivity contribution in [3.8, 4) is 0 Å². The molecule has 1 aliphatic carbocycles. The molecule has 100 valence electrons. The summed E-state index contributed by atoms with van der Waals surface area (Å²) in [6.07, 6.45) is 3.61. The first-order valence-corrected chi connectivity index (χ1v) is 7.17. The van der Waals surface area contributed by atoms with E-state index in [1.165, 1.54) is 24.0 Å². The van der Waals surface area contributed by atoms with Crippen LogP contribution >= 0.6 is 23.2 Å². The molecule has 2 aromatic rings. The minimum atomic E-state index is 0.292. The fraction of sp³-hybridized carbons (Fsp3) is 0.250. The van der Waals surface area contributed by atoms with Crippen LogP contribution in [-0.4, -0.2) is 0 Å². The first-order chi connectivity index (χ1) is 9.18. The summed E-state index contributed by atoms with van der Waals surface area (Å²) in [6.45, 7) is 0. The SMILES string of the molecule is Clc1ccccc1Cl.NC1CCCc2ccccc21. The van der Waals surface area contributed by atoms with Crippen molar-refractivity contribution in [3.05, 3.63) is 69.7 Å². The van der Waals surface area contributed by atoms with Gasteiger partial charge in [-0.2, -0.15) is 0 Å². The molecule has 1 atom stereocenters. The molecule has 0 radical (unpaired) electrons. The van der Waals surface area contributed by atoms with E-state index in [2.05, 4.69) is 24.3 Å². The number of hydrogen-bond acceptors (Lipinski definition) is 1. The predicted molar refractivity (Wildman–Crippen MR) is 82.8 cm³/mol. The van der Waals surface area contributed by atoms with E-state index in [0.717, 1.165) is 6.42 Å². The van der Waals surface area contributed by atoms with Crippen LogP contribution in [0.3, 0.4) is 0 Å². The van der Waals surface area contributed by atoms with Crippen molar-refractivity contribution >= 4 is 23.2 Å². The van der Waals surface area contributed by atoms with Crippen LogP contribution in [0.25, 0.3) is 0 Å². The van der Waals surface area contributed by atoms with Gasteiger partial charge in [0.1, 0.15) is 0 Å². The number of rotatable bonds is 0. The normalized spacial score (nSPS) is 17.1. The van der Waals surface area contributed by atoms with E-state index in [9.17, 15) is 0 Å². The maximum Gasteiger partial charge on any atom is 0.0592 e. The maximum absolute atomic E-state index is 5.95. The van der Waals surface area contributed by atoms with E-state index in [0.29, 0.717) is 16.1 Å². The second-order valence-corrected chi connectivity index (χ2v) is 5.43. The second kappa shape index (κ2) is 6.95. The molecule has 0 amide bonds. The van der Waals surface area contributed by atoms with Gasteiger partial charge in [0.25, 0.3) is 0 Å². The molecule has 1 nitrogen and oxygen atoms in total. The quantitative estimate of drug-likeness (QED) is 0.725. The summed E-state index contributed by atoms with van der Waals surface area (Å²) in [6, 6.07) is 16.0. The molecule has 19 heavy (non-hydrogen) atoms. The predicted octanol–water partition coefficient (Wildman–Crippen LogP) is 5.02. The Bertz CT molecular complexity index is 519. The minimum Gasteiger partial charge on any atom is -0.324 e. The van der Waals surface area contributed by atoms with Crippen LogP contribution in [0.15, 0.2) is 48.5 Å². The summed E-state index contributed by atoms with van der Waals surface area (Å²) >= 11 is 11.2. The highest BCUT2D eigenvalue weighted by Crippen LogP contribution is 2.26. The number of hydrogen-bond donors (Lipinski definition) is 1. The van der Waals surface area contributed by atoms with Gasteiger partial charge in [-0.3, -0.25) is 0 Å². The van der Waals surface area contributed by atoms with Crippen LogP contribution in [0, 0.1) is 0 Å². The molecule has 0 aromatic heterocycles. The molecular formula is C16H17Cl2N. The smallest absolute Gasteiger partial charge is 0.0592 e. The van der Waals surface area contributed by atoms with Gasteiger partial charge >= 0.3 is 0 Å². The summed E-state index contributed by atoms with van der Waals surface area (Å²) in [5, 5.41) is 1.21. The van der Waals surface area contributed by atoms with Crippen molar-refractivity contribution in [2.75, 3.05) is 0 Å².